The van der Waals surface area contributed by atoms with Gasteiger partial charge in [-0.05, 0) is 42.5 Å². The Balaban J connectivity index is 1.32. The third-order valence-corrected chi connectivity index (χ3v) is 4.31. The predicted molar refractivity (Wildman–Crippen MR) is 104 cm³/mol. The van der Waals surface area contributed by atoms with Crippen LogP contribution in [0, 0.1) is 0 Å². The average Bonchev–Trinajstić information content (AvgIpc) is 3.40. The maximum Gasteiger partial charge on any atom is 0.251 e. The molecule has 0 bridgehead atoms. The van der Waals surface area contributed by atoms with Gasteiger partial charge in [-0.1, -0.05) is 28.9 Å². The molecule has 0 saturated carbocycles. The molecule has 1 N–H and O–H groups in total. The van der Waals surface area contributed by atoms with Crippen molar-refractivity contribution >= 4 is 17.5 Å². The van der Waals surface area contributed by atoms with E-state index in [4.69, 9.17) is 16.1 Å². The lowest BCUT2D eigenvalue weighted by Crippen LogP contribution is -2.25. The summed E-state index contributed by atoms with van der Waals surface area (Å²) in [6.07, 6.45) is 3.98. The smallest absolute Gasteiger partial charge is 0.251 e. The summed E-state index contributed by atoms with van der Waals surface area (Å²) < 4.78 is 6.97. The molecule has 2 aromatic heterocycles. The fourth-order valence-electron chi connectivity index (χ4n) is 2.67. The summed E-state index contributed by atoms with van der Waals surface area (Å²) in [7, 11) is 0. The topological polar surface area (TPSA) is 85.8 Å². The Bertz CT molecular complexity index is 1070. The summed E-state index contributed by atoms with van der Waals surface area (Å²) in [6.45, 7) is 0.386. The number of nitrogens with zero attached hydrogens (tertiary/aromatic N) is 4. The van der Waals surface area contributed by atoms with E-state index in [9.17, 15) is 4.79 Å². The highest BCUT2D eigenvalue weighted by atomic mass is 35.5. The molecule has 0 unspecified atom stereocenters. The number of aromatic nitrogens is 4. The molecule has 0 fully saturated rings. The highest BCUT2D eigenvalue weighted by molar-refractivity contribution is 6.30. The van der Waals surface area contributed by atoms with Crippen LogP contribution in [-0.4, -0.2) is 32.4 Å². The number of benzene rings is 2. The van der Waals surface area contributed by atoms with Gasteiger partial charge in [0.25, 0.3) is 5.91 Å². The Morgan fingerprint density at radius 2 is 2.00 bits per heavy atom. The van der Waals surface area contributed by atoms with E-state index in [2.05, 4.69) is 20.6 Å². The Hall–Kier alpha value is -3.45. The van der Waals surface area contributed by atoms with E-state index in [1.165, 1.54) is 0 Å². The van der Waals surface area contributed by atoms with Crippen LogP contribution in [0.4, 0.5) is 0 Å². The third kappa shape index (κ3) is 4.10. The first kappa shape index (κ1) is 17.9. The summed E-state index contributed by atoms with van der Waals surface area (Å²) in [4.78, 5) is 16.6. The Morgan fingerprint density at radius 3 is 2.75 bits per heavy atom. The first-order chi connectivity index (χ1) is 13.7. The summed E-state index contributed by atoms with van der Waals surface area (Å²) >= 11 is 5.98. The minimum absolute atomic E-state index is 0.165. The van der Waals surface area contributed by atoms with Gasteiger partial charge in [0.1, 0.15) is 0 Å². The highest BCUT2D eigenvalue weighted by Gasteiger charge is 2.10. The molecule has 0 radical (unpaired) electrons. The first-order valence-corrected chi connectivity index (χ1v) is 9.04. The Morgan fingerprint density at radius 1 is 1.14 bits per heavy atom. The van der Waals surface area contributed by atoms with Crippen molar-refractivity contribution in [1.82, 2.24) is 25.2 Å². The van der Waals surface area contributed by atoms with Gasteiger partial charge in [0.15, 0.2) is 0 Å². The lowest BCUT2D eigenvalue weighted by molar-refractivity contribution is 0.0953. The van der Waals surface area contributed by atoms with Crippen LogP contribution in [0.1, 0.15) is 16.2 Å². The summed E-state index contributed by atoms with van der Waals surface area (Å²) in [5, 5.41) is 11.6. The molecule has 4 aromatic rings. The van der Waals surface area contributed by atoms with Crippen molar-refractivity contribution in [2.75, 3.05) is 6.54 Å². The number of hydrogen-bond acceptors (Lipinski definition) is 5. The molecule has 2 heterocycles. The van der Waals surface area contributed by atoms with Crippen molar-refractivity contribution in [2.45, 2.75) is 6.42 Å². The van der Waals surface area contributed by atoms with Gasteiger partial charge in [-0.2, -0.15) is 10.1 Å². The number of amides is 1. The largest absolute Gasteiger partial charge is 0.352 e. The van der Waals surface area contributed by atoms with E-state index in [1.54, 1.807) is 35.1 Å². The summed E-state index contributed by atoms with van der Waals surface area (Å²) in [6, 6.07) is 16.3. The van der Waals surface area contributed by atoms with E-state index in [0.29, 0.717) is 35.3 Å². The summed E-state index contributed by atoms with van der Waals surface area (Å²) in [5.74, 6) is 0.754. The van der Waals surface area contributed by atoms with Gasteiger partial charge in [0.2, 0.25) is 11.7 Å². The minimum atomic E-state index is -0.165. The van der Waals surface area contributed by atoms with E-state index < -0.39 is 0 Å². The second-order valence-electron chi connectivity index (χ2n) is 6.03. The van der Waals surface area contributed by atoms with Crippen LogP contribution in [0.5, 0.6) is 0 Å². The van der Waals surface area contributed by atoms with E-state index >= 15 is 0 Å². The average molecular weight is 394 g/mol. The predicted octanol–water partition coefficient (Wildman–Crippen LogP) is 3.55. The van der Waals surface area contributed by atoms with Crippen LogP contribution in [-0.2, 0) is 6.42 Å². The fourth-order valence-corrected chi connectivity index (χ4v) is 2.86. The molecule has 140 valence electrons. The Kier molecular flexibility index (Phi) is 5.16. The number of hydrogen-bond donors (Lipinski definition) is 1. The molecule has 1 amide bonds. The molecule has 28 heavy (non-hydrogen) atoms. The molecule has 7 nitrogen and oxygen atoms in total. The number of carbonyl (C=O) groups is 1. The molecule has 0 aliphatic carbocycles. The number of nitrogens with one attached hydrogen (secondary N) is 1. The first-order valence-electron chi connectivity index (χ1n) is 8.66. The van der Waals surface area contributed by atoms with E-state index in [0.717, 1.165) is 11.3 Å². The third-order valence-electron chi connectivity index (χ3n) is 4.07. The number of carbonyl (C=O) groups excluding carboxylic acids is 1. The van der Waals surface area contributed by atoms with Crippen molar-refractivity contribution in [3.63, 3.8) is 0 Å². The van der Waals surface area contributed by atoms with Crippen molar-refractivity contribution in [3.05, 3.63) is 83.5 Å². The van der Waals surface area contributed by atoms with Crippen LogP contribution >= 0.6 is 11.6 Å². The highest BCUT2D eigenvalue weighted by Crippen LogP contribution is 2.20. The van der Waals surface area contributed by atoms with Crippen molar-refractivity contribution in [2.24, 2.45) is 0 Å². The summed E-state index contributed by atoms with van der Waals surface area (Å²) in [5.41, 5.74) is 2.24. The molecule has 0 saturated heterocycles. The van der Waals surface area contributed by atoms with Gasteiger partial charge in [-0.25, -0.2) is 4.68 Å². The SMILES string of the molecule is O=C(NCCc1nc(-c2cccc(Cl)c2)no1)c1ccc(-n2cccn2)cc1. The van der Waals surface area contributed by atoms with Crippen LogP contribution in [0.3, 0.4) is 0 Å². The van der Waals surface area contributed by atoms with Gasteiger partial charge < -0.3 is 9.84 Å². The molecular weight excluding hydrogens is 378 g/mol. The van der Waals surface area contributed by atoms with Gasteiger partial charge in [-0.15, -0.1) is 0 Å². The monoisotopic (exact) mass is 393 g/mol. The zero-order valence-corrected chi connectivity index (χ0v) is 15.5. The standard InChI is InChI=1S/C20H16ClN5O2/c21-16-4-1-3-15(13-16)19-24-18(28-25-19)9-11-22-20(27)14-5-7-17(8-6-14)26-12-2-10-23-26/h1-8,10,12-13H,9,11H2,(H,22,27). The van der Waals surface area contributed by atoms with Gasteiger partial charge in [0.05, 0.1) is 5.69 Å². The van der Waals surface area contributed by atoms with Crippen molar-refractivity contribution in [3.8, 4) is 17.1 Å². The van der Waals surface area contributed by atoms with Crippen molar-refractivity contribution in [1.29, 1.82) is 0 Å². The maximum absolute atomic E-state index is 12.3. The van der Waals surface area contributed by atoms with Gasteiger partial charge >= 0.3 is 0 Å². The number of halogens is 1. The second kappa shape index (κ2) is 8.06. The second-order valence-corrected chi connectivity index (χ2v) is 6.46. The molecule has 0 aliphatic rings. The lowest BCUT2D eigenvalue weighted by atomic mass is 10.2. The van der Waals surface area contributed by atoms with Crippen molar-refractivity contribution < 1.29 is 9.32 Å². The lowest BCUT2D eigenvalue weighted by Gasteiger charge is -2.05. The van der Waals surface area contributed by atoms with E-state index in [1.807, 2.05) is 36.5 Å². The minimum Gasteiger partial charge on any atom is -0.352 e. The normalized spacial score (nSPS) is 10.8. The zero-order chi connectivity index (χ0) is 19.3. The molecular formula is C20H16ClN5O2. The quantitative estimate of drug-likeness (QED) is 0.541. The van der Waals surface area contributed by atoms with Crippen LogP contribution in [0.15, 0.2) is 71.5 Å². The zero-order valence-electron chi connectivity index (χ0n) is 14.7. The molecule has 4 rings (SSSR count). The van der Waals surface area contributed by atoms with Gasteiger partial charge in [-0.3, -0.25) is 4.79 Å². The molecule has 2 aromatic carbocycles. The number of rotatable bonds is 6. The Labute approximate surface area is 166 Å². The van der Waals surface area contributed by atoms with Crippen LogP contribution in [0.2, 0.25) is 5.02 Å². The molecule has 0 atom stereocenters. The maximum atomic E-state index is 12.3. The van der Waals surface area contributed by atoms with Crippen LogP contribution < -0.4 is 5.32 Å². The molecule has 0 aliphatic heterocycles. The van der Waals surface area contributed by atoms with Crippen LogP contribution in [0.25, 0.3) is 17.1 Å². The molecule has 0 spiro atoms. The molecule has 8 heteroatoms. The van der Waals surface area contributed by atoms with E-state index in [-0.39, 0.29) is 5.91 Å². The fraction of sp³-hybridized carbons (Fsp3) is 0.100. The van der Waals surface area contributed by atoms with Gasteiger partial charge in [0, 0.05) is 41.5 Å².